The third-order valence-corrected chi connectivity index (χ3v) is 3.57. The Morgan fingerprint density at radius 1 is 1.17 bits per heavy atom. The number of carbonyl (C=O) groups is 2. The first-order valence-corrected chi connectivity index (χ1v) is 7.32. The fraction of sp³-hybridized carbons (Fsp3) is 0.176. The van der Waals surface area contributed by atoms with Gasteiger partial charge in [-0.25, -0.2) is 8.78 Å². The molecule has 0 aliphatic carbocycles. The molecule has 7 heteroatoms. The standard InChI is InChI=1S/C17H14F2N2O3/c18-12-2-1-3-13(19)17(12)21-16(23)9-24-11-5-6-14-10(8-11)4-7-15(22)20-14/h1-3,5-6,8H,4,7,9H2,(H,20,22)(H,21,23). The van der Waals surface area contributed by atoms with Gasteiger partial charge in [0.2, 0.25) is 5.91 Å². The molecule has 0 bridgehead atoms. The van der Waals surface area contributed by atoms with Crippen LogP contribution in [0.4, 0.5) is 20.2 Å². The van der Waals surface area contributed by atoms with Crippen LogP contribution in [-0.4, -0.2) is 18.4 Å². The lowest BCUT2D eigenvalue weighted by Gasteiger charge is -2.17. The van der Waals surface area contributed by atoms with Crippen molar-refractivity contribution in [2.45, 2.75) is 12.8 Å². The van der Waals surface area contributed by atoms with Gasteiger partial charge in [-0.3, -0.25) is 9.59 Å². The minimum absolute atomic E-state index is 0.0394. The Labute approximate surface area is 136 Å². The van der Waals surface area contributed by atoms with Crippen LogP contribution in [0.2, 0.25) is 0 Å². The highest BCUT2D eigenvalue weighted by molar-refractivity contribution is 5.94. The largest absolute Gasteiger partial charge is 0.484 e. The molecule has 0 saturated heterocycles. The second-order valence-corrected chi connectivity index (χ2v) is 5.30. The second kappa shape index (κ2) is 6.66. The summed E-state index contributed by atoms with van der Waals surface area (Å²) >= 11 is 0. The number of anilines is 2. The minimum atomic E-state index is -0.854. The van der Waals surface area contributed by atoms with Gasteiger partial charge < -0.3 is 15.4 Å². The maximum Gasteiger partial charge on any atom is 0.262 e. The maximum absolute atomic E-state index is 13.5. The average molecular weight is 332 g/mol. The van der Waals surface area contributed by atoms with Crippen LogP contribution >= 0.6 is 0 Å². The van der Waals surface area contributed by atoms with Crippen LogP contribution in [0.25, 0.3) is 0 Å². The molecular weight excluding hydrogens is 318 g/mol. The summed E-state index contributed by atoms with van der Waals surface area (Å²) in [5.74, 6) is -1.98. The normalized spacial score (nSPS) is 13.0. The van der Waals surface area contributed by atoms with Crippen molar-refractivity contribution >= 4 is 23.2 Å². The van der Waals surface area contributed by atoms with Crippen LogP contribution in [-0.2, 0) is 16.0 Å². The van der Waals surface area contributed by atoms with Crippen molar-refractivity contribution in [1.82, 2.24) is 0 Å². The Morgan fingerprint density at radius 2 is 1.92 bits per heavy atom. The molecule has 2 amide bonds. The van der Waals surface area contributed by atoms with Crippen molar-refractivity contribution in [2.75, 3.05) is 17.2 Å². The van der Waals surface area contributed by atoms with E-state index in [4.69, 9.17) is 4.74 Å². The lowest BCUT2D eigenvalue weighted by Crippen LogP contribution is -2.22. The summed E-state index contributed by atoms with van der Waals surface area (Å²) < 4.78 is 32.3. The molecule has 0 spiro atoms. The number of rotatable bonds is 4. The van der Waals surface area contributed by atoms with E-state index in [0.717, 1.165) is 23.4 Å². The van der Waals surface area contributed by atoms with E-state index in [0.29, 0.717) is 18.6 Å². The van der Waals surface area contributed by atoms with Crippen molar-refractivity contribution < 1.29 is 23.1 Å². The molecule has 24 heavy (non-hydrogen) atoms. The van der Waals surface area contributed by atoms with E-state index in [1.165, 1.54) is 6.07 Å². The van der Waals surface area contributed by atoms with Gasteiger partial charge >= 0.3 is 0 Å². The van der Waals surface area contributed by atoms with Crippen LogP contribution in [0.5, 0.6) is 5.75 Å². The Balaban J connectivity index is 1.62. The zero-order chi connectivity index (χ0) is 17.1. The number of ether oxygens (including phenoxy) is 1. The molecule has 0 atom stereocenters. The predicted molar refractivity (Wildman–Crippen MR) is 83.9 cm³/mol. The third-order valence-electron chi connectivity index (χ3n) is 3.57. The molecule has 1 aliphatic heterocycles. The highest BCUT2D eigenvalue weighted by atomic mass is 19.1. The Morgan fingerprint density at radius 3 is 2.67 bits per heavy atom. The molecule has 124 valence electrons. The number of hydrogen-bond acceptors (Lipinski definition) is 3. The zero-order valence-electron chi connectivity index (χ0n) is 12.6. The molecule has 2 aromatic carbocycles. The first kappa shape index (κ1) is 15.9. The lowest BCUT2D eigenvalue weighted by atomic mass is 10.0. The van der Waals surface area contributed by atoms with Gasteiger partial charge in [0, 0.05) is 12.1 Å². The molecule has 0 unspecified atom stereocenters. The molecule has 0 aromatic heterocycles. The van der Waals surface area contributed by atoms with E-state index in [2.05, 4.69) is 10.6 Å². The van der Waals surface area contributed by atoms with E-state index in [-0.39, 0.29) is 12.5 Å². The summed E-state index contributed by atoms with van der Waals surface area (Å²) in [5.41, 5.74) is 1.13. The Bertz CT molecular complexity index is 788. The van der Waals surface area contributed by atoms with Crippen LogP contribution in [0.15, 0.2) is 36.4 Å². The van der Waals surface area contributed by atoms with Gasteiger partial charge in [0.25, 0.3) is 5.91 Å². The second-order valence-electron chi connectivity index (χ2n) is 5.30. The van der Waals surface area contributed by atoms with Gasteiger partial charge in [0.15, 0.2) is 6.61 Å². The average Bonchev–Trinajstić information content (AvgIpc) is 2.56. The van der Waals surface area contributed by atoms with Crippen molar-refractivity contribution in [3.63, 3.8) is 0 Å². The van der Waals surface area contributed by atoms with Gasteiger partial charge in [-0.05, 0) is 42.3 Å². The molecule has 1 heterocycles. The lowest BCUT2D eigenvalue weighted by molar-refractivity contribution is -0.118. The molecule has 2 aromatic rings. The number of fused-ring (bicyclic) bond motifs is 1. The van der Waals surface area contributed by atoms with Gasteiger partial charge in [-0.15, -0.1) is 0 Å². The van der Waals surface area contributed by atoms with E-state index < -0.39 is 23.2 Å². The number of aryl methyl sites for hydroxylation is 1. The smallest absolute Gasteiger partial charge is 0.262 e. The van der Waals surface area contributed by atoms with Crippen molar-refractivity contribution in [2.24, 2.45) is 0 Å². The van der Waals surface area contributed by atoms with Crippen LogP contribution < -0.4 is 15.4 Å². The summed E-state index contributed by atoms with van der Waals surface area (Å²) in [6.07, 6.45) is 0.981. The number of amides is 2. The first-order valence-electron chi connectivity index (χ1n) is 7.32. The summed E-state index contributed by atoms with van der Waals surface area (Å²) in [5, 5.41) is 4.89. The fourth-order valence-corrected chi connectivity index (χ4v) is 2.39. The third kappa shape index (κ3) is 3.51. The maximum atomic E-state index is 13.5. The Hall–Kier alpha value is -2.96. The SMILES string of the molecule is O=C1CCc2cc(OCC(=O)Nc3c(F)cccc3F)ccc2N1. The molecule has 1 aliphatic rings. The number of para-hydroxylation sites is 1. The van der Waals surface area contributed by atoms with E-state index in [9.17, 15) is 18.4 Å². The highest BCUT2D eigenvalue weighted by Crippen LogP contribution is 2.26. The van der Waals surface area contributed by atoms with Crippen LogP contribution in [0.3, 0.4) is 0 Å². The predicted octanol–water partition coefficient (Wildman–Crippen LogP) is 2.87. The fourth-order valence-electron chi connectivity index (χ4n) is 2.39. The number of carbonyl (C=O) groups excluding carboxylic acids is 2. The number of nitrogens with one attached hydrogen (secondary N) is 2. The molecular formula is C17H14F2N2O3. The van der Waals surface area contributed by atoms with Crippen molar-refractivity contribution in [3.8, 4) is 5.75 Å². The van der Waals surface area contributed by atoms with Gasteiger partial charge in [0.1, 0.15) is 23.1 Å². The summed E-state index contributed by atoms with van der Waals surface area (Å²) in [6, 6.07) is 8.35. The summed E-state index contributed by atoms with van der Waals surface area (Å²) in [4.78, 5) is 23.1. The summed E-state index contributed by atoms with van der Waals surface area (Å²) in [7, 11) is 0. The molecule has 5 nitrogen and oxygen atoms in total. The molecule has 3 rings (SSSR count). The molecule has 2 N–H and O–H groups in total. The topological polar surface area (TPSA) is 67.4 Å². The zero-order valence-corrected chi connectivity index (χ0v) is 12.6. The highest BCUT2D eigenvalue weighted by Gasteiger charge is 2.16. The number of benzene rings is 2. The molecule has 0 radical (unpaired) electrons. The van der Waals surface area contributed by atoms with Crippen molar-refractivity contribution in [3.05, 3.63) is 53.6 Å². The van der Waals surface area contributed by atoms with Gasteiger partial charge in [-0.1, -0.05) is 6.07 Å². The number of hydrogen-bond donors (Lipinski definition) is 2. The van der Waals surface area contributed by atoms with E-state index in [1.54, 1.807) is 18.2 Å². The van der Waals surface area contributed by atoms with Gasteiger partial charge in [0.05, 0.1) is 0 Å². The molecule has 0 saturated carbocycles. The van der Waals surface area contributed by atoms with Crippen molar-refractivity contribution in [1.29, 1.82) is 0 Å². The summed E-state index contributed by atoms with van der Waals surface area (Å²) in [6.45, 7) is -0.390. The monoisotopic (exact) mass is 332 g/mol. The Kier molecular flexibility index (Phi) is 4.41. The van der Waals surface area contributed by atoms with E-state index >= 15 is 0 Å². The van der Waals surface area contributed by atoms with Gasteiger partial charge in [-0.2, -0.15) is 0 Å². The van der Waals surface area contributed by atoms with Crippen LogP contribution in [0, 0.1) is 11.6 Å². The van der Waals surface area contributed by atoms with E-state index in [1.807, 2.05) is 0 Å². The number of halogens is 2. The minimum Gasteiger partial charge on any atom is -0.484 e. The first-order chi connectivity index (χ1) is 11.5. The van der Waals surface area contributed by atoms with Crippen LogP contribution in [0.1, 0.15) is 12.0 Å². The quantitative estimate of drug-likeness (QED) is 0.905. The molecule has 0 fully saturated rings.